The fourth-order valence-electron chi connectivity index (χ4n) is 3.77. The number of ether oxygens (including phenoxy) is 2. The predicted octanol–water partition coefficient (Wildman–Crippen LogP) is 5.60. The molecule has 0 bridgehead atoms. The molecule has 228 valence electrons. The zero-order valence-electron chi connectivity index (χ0n) is 26.0. The highest BCUT2D eigenvalue weighted by atomic mass is 16.6. The van der Waals surface area contributed by atoms with Gasteiger partial charge >= 0.3 is 12.2 Å². The van der Waals surface area contributed by atoms with Gasteiger partial charge in [-0.15, -0.1) is 0 Å². The van der Waals surface area contributed by atoms with Crippen molar-refractivity contribution >= 4 is 24.1 Å². The van der Waals surface area contributed by atoms with E-state index in [9.17, 15) is 14.4 Å². The largest absolute Gasteiger partial charge is 0.444 e. The Morgan fingerprint density at radius 1 is 0.767 bits per heavy atom. The molecule has 0 saturated heterocycles. The molecule has 3 rings (SSSR count). The fourth-order valence-corrected chi connectivity index (χ4v) is 3.77. The van der Waals surface area contributed by atoms with Gasteiger partial charge in [0.2, 0.25) is 5.96 Å². The Balaban J connectivity index is 1.92. The van der Waals surface area contributed by atoms with Gasteiger partial charge in [-0.3, -0.25) is 25.4 Å². The van der Waals surface area contributed by atoms with Crippen LogP contribution in [0, 0.1) is 13.8 Å². The highest BCUT2D eigenvalue weighted by molar-refractivity contribution is 6.01. The van der Waals surface area contributed by atoms with E-state index in [1.54, 1.807) is 66.1 Å². The van der Waals surface area contributed by atoms with Crippen LogP contribution in [0.25, 0.3) is 11.1 Å². The summed E-state index contributed by atoms with van der Waals surface area (Å²) in [6.45, 7) is 14.4. The number of alkyl carbamates (subject to hydrolysis) is 2. The molecular weight excluding hydrogens is 548 g/mol. The number of rotatable bonds is 6. The molecule has 0 spiro atoms. The van der Waals surface area contributed by atoms with E-state index in [0.717, 1.165) is 28.1 Å². The molecule has 0 fully saturated rings. The Morgan fingerprint density at radius 3 is 1.98 bits per heavy atom. The number of carbonyl (C=O) groups is 3. The standard InChI is InChI=1S/C32H40N6O5/c1-20-9-10-22(17-34-20)18-35-27(39)26-15-23(14-25(16-26)24-11-12-33-21(2)13-24)19-36-28(37-29(40)42-31(3,4)5)38-30(41)43-32(6,7)8/h9-17H,18-19H2,1-8H3,(H,35,39)(H2,36,37,38,40,41). The van der Waals surface area contributed by atoms with Crippen molar-refractivity contribution in [3.05, 3.63) is 82.9 Å². The number of amides is 3. The van der Waals surface area contributed by atoms with Crippen LogP contribution in [-0.4, -0.2) is 45.2 Å². The topological polar surface area (TPSA) is 144 Å². The maximum Gasteiger partial charge on any atom is 0.414 e. The van der Waals surface area contributed by atoms with Crippen LogP contribution in [0.4, 0.5) is 9.59 Å². The van der Waals surface area contributed by atoms with Crippen LogP contribution in [0.5, 0.6) is 0 Å². The Hall–Kier alpha value is -4.80. The van der Waals surface area contributed by atoms with E-state index < -0.39 is 23.4 Å². The average molecular weight is 589 g/mol. The van der Waals surface area contributed by atoms with Crippen LogP contribution < -0.4 is 16.0 Å². The number of nitrogens with zero attached hydrogens (tertiary/aromatic N) is 3. The summed E-state index contributed by atoms with van der Waals surface area (Å²) in [6.07, 6.45) is 1.83. The average Bonchev–Trinajstić information content (AvgIpc) is 2.89. The van der Waals surface area contributed by atoms with Gasteiger partial charge in [0.1, 0.15) is 11.2 Å². The number of aromatic nitrogens is 2. The highest BCUT2D eigenvalue weighted by Crippen LogP contribution is 2.24. The van der Waals surface area contributed by atoms with E-state index in [-0.39, 0.29) is 18.4 Å². The monoisotopic (exact) mass is 588 g/mol. The molecule has 2 heterocycles. The van der Waals surface area contributed by atoms with Crippen LogP contribution in [-0.2, 0) is 22.6 Å². The number of nitrogens with one attached hydrogen (secondary N) is 3. The Kier molecular flexibility index (Phi) is 10.6. The Labute approximate surface area is 252 Å². The number of aryl methyl sites for hydroxylation is 2. The summed E-state index contributed by atoms with van der Waals surface area (Å²) in [7, 11) is 0. The maximum atomic E-state index is 13.3. The molecule has 43 heavy (non-hydrogen) atoms. The van der Waals surface area contributed by atoms with Gasteiger partial charge in [0, 0.05) is 35.9 Å². The SMILES string of the molecule is Cc1ccc(CNC(=O)c2cc(CN=C(NC(=O)OC(C)(C)C)NC(=O)OC(C)(C)C)cc(-c3ccnc(C)c3)c2)cn1. The molecular formula is C32H40N6O5. The van der Waals surface area contributed by atoms with E-state index in [0.29, 0.717) is 17.7 Å². The Bertz CT molecular complexity index is 1460. The molecule has 11 heteroatoms. The molecule has 0 aliphatic rings. The summed E-state index contributed by atoms with van der Waals surface area (Å²) in [5, 5.41) is 7.89. The van der Waals surface area contributed by atoms with Crippen molar-refractivity contribution in [3.63, 3.8) is 0 Å². The summed E-state index contributed by atoms with van der Waals surface area (Å²) in [4.78, 5) is 51.2. The molecule has 0 saturated carbocycles. The Morgan fingerprint density at radius 2 is 1.42 bits per heavy atom. The van der Waals surface area contributed by atoms with E-state index in [1.165, 1.54) is 0 Å². The number of benzene rings is 1. The number of aliphatic imine (C=N–C) groups is 1. The third kappa shape index (κ3) is 11.5. The van der Waals surface area contributed by atoms with Gasteiger partial charge in [-0.25, -0.2) is 14.6 Å². The lowest BCUT2D eigenvalue weighted by atomic mass is 9.99. The van der Waals surface area contributed by atoms with Gasteiger partial charge in [-0.2, -0.15) is 0 Å². The van der Waals surface area contributed by atoms with Gasteiger partial charge < -0.3 is 14.8 Å². The van der Waals surface area contributed by atoms with Gasteiger partial charge in [0.15, 0.2) is 0 Å². The molecule has 3 aromatic rings. The predicted molar refractivity (Wildman–Crippen MR) is 164 cm³/mol. The quantitative estimate of drug-likeness (QED) is 0.251. The third-order valence-corrected chi connectivity index (χ3v) is 5.57. The van der Waals surface area contributed by atoms with Crippen molar-refractivity contribution in [2.24, 2.45) is 4.99 Å². The first-order valence-electron chi connectivity index (χ1n) is 13.9. The smallest absolute Gasteiger partial charge is 0.414 e. The summed E-state index contributed by atoms with van der Waals surface area (Å²) in [6, 6.07) is 13.0. The van der Waals surface area contributed by atoms with Crippen molar-refractivity contribution in [2.75, 3.05) is 0 Å². The van der Waals surface area contributed by atoms with Crippen molar-refractivity contribution in [2.45, 2.75) is 79.7 Å². The molecule has 2 aromatic heterocycles. The highest BCUT2D eigenvalue weighted by Gasteiger charge is 2.21. The number of pyridine rings is 2. The van der Waals surface area contributed by atoms with Gasteiger partial charge in [-0.1, -0.05) is 6.07 Å². The zero-order valence-corrected chi connectivity index (χ0v) is 26.0. The number of guanidine groups is 1. The summed E-state index contributed by atoms with van der Waals surface area (Å²) >= 11 is 0. The third-order valence-electron chi connectivity index (χ3n) is 5.57. The number of hydrogen-bond donors (Lipinski definition) is 3. The van der Waals surface area contributed by atoms with Crippen LogP contribution in [0.15, 0.2) is 59.9 Å². The molecule has 3 amide bonds. The van der Waals surface area contributed by atoms with E-state index in [2.05, 4.69) is 30.9 Å². The van der Waals surface area contributed by atoms with Crippen molar-refractivity contribution in [1.29, 1.82) is 0 Å². The minimum atomic E-state index is -0.797. The second-order valence-electron chi connectivity index (χ2n) is 12.0. The lowest BCUT2D eigenvalue weighted by molar-refractivity contribution is 0.0544. The molecule has 0 aliphatic carbocycles. The lowest BCUT2D eigenvalue weighted by Crippen LogP contribution is -2.47. The van der Waals surface area contributed by atoms with Crippen LogP contribution in [0.2, 0.25) is 0 Å². The van der Waals surface area contributed by atoms with Crippen LogP contribution in [0.3, 0.4) is 0 Å². The van der Waals surface area contributed by atoms with Crippen LogP contribution in [0.1, 0.15) is 74.4 Å². The van der Waals surface area contributed by atoms with E-state index in [1.807, 2.05) is 44.2 Å². The molecule has 0 atom stereocenters. The fraction of sp³-hybridized carbons (Fsp3) is 0.375. The van der Waals surface area contributed by atoms with Crippen molar-refractivity contribution < 1.29 is 23.9 Å². The molecule has 1 aromatic carbocycles. The second kappa shape index (κ2) is 13.9. The minimum absolute atomic E-state index is 0.0149. The lowest BCUT2D eigenvalue weighted by Gasteiger charge is -2.22. The van der Waals surface area contributed by atoms with Crippen molar-refractivity contribution in [1.82, 2.24) is 25.9 Å². The summed E-state index contributed by atoms with van der Waals surface area (Å²) in [5.41, 5.74) is 3.77. The molecule has 0 unspecified atom stereocenters. The second-order valence-corrected chi connectivity index (χ2v) is 12.0. The summed E-state index contributed by atoms with van der Waals surface area (Å²) < 4.78 is 10.7. The minimum Gasteiger partial charge on any atom is -0.444 e. The molecule has 3 N–H and O–H groups in total. The zero-order chi connectivity index (χ0) is 31.8. The first-order valence-corrected chi connectivity index (χ1v) is 13.9. The van der Waals surface area contributed by atoms with E-state index >= 15 is 0 Å². The van der Waals surface area contributed by atoms with E-state index in [4.69, 9.17) is 9.47 Å². The normalized spacial score (nSPS) is 11.3. The van der Waals surface area contributed by atoms with Crippen LogP contribution >= 0.6 is 0 Å². The summed E-state index contributed by atoms with van der Waals surface area (Å²) in [5.74, 6) is -0.441. The van der Waals surface area contributed by atoms with Crippen molar-refractivity contribution in [3.8, 4) is 11.1 Å². The first-order chi connectivity index (χ1) is 20.1. The number of carbonyl (C=O) groups excluding carboxylic acids is 3. The van der Waals surface area contributed by atoms with Gasteiger partial charge in [0.25, 0.3) is 5.91 Å². The first kappa shape index (κ1) is 32.7. The number of hydrogen-bond acceptors (Lipinski definition) is 8. The molecule has 0 radical (unpaired) electrons. The molecule has 11 nitrogen and oxygen atoms in total. The van der Waals surface area contributed by atoms with Gasteiger partial charge in [-0.05, 0) is 114 Å². The maximum absolute atomic E-state index is 13.3. The molecule has 0 aliphatic heterocycles. The van der Waals surface area contributed by atoms with Gasteiger partial charge in [0.05, 0.1) is 6.54 Å².